The molecule has 2 saturated heterocycles. The quantitative estimate of drug-likeness (QED) is 0.765. The average molecular weight is 425 g/mol. The number of carbonyl (C=O) groups excluding carboxylic acids is 2. The Morgan fingerprint density at radius 1 is 1.10 bits per heavy atom. The molecule has 0 spiro atoms. The zero-order chi connectivity index (χ0) is 22.0. The molecule has 0 aliphatic carbocycles. The lowest BCUT2D eigenvalue weighted by molar-refractivity contribution is -0.158. The van der Waals surface area contributed by atoms with Crippen LogP contribution in [0.1, 0.15) is 37.5 Å². The van der Waals surface area contributed by atoms with Crippen molar-refractivity contribution in [3.8, 4) is 0 Å². The first-order valence-electron chi connectivity index (χ1n) is 10.5. The maximum absolute atomic E-state index is 13.0. The van der Waals surface area contributed by atoms with Crippen LogP contribution in [0.15, 0.2) is 60.7 Å². The molecule has 1 N–H and O–H groups in total. The van der Waals surface area contributed by atoms with E-state index >= 15 is 0 Å². The monoisotopic (exact) mass is 425 g/mol. The first-order valence-corrected chi connectivity index (χ1v) is 10.5. The summed E-state index contributed by atoms with van der Waals surface area (Å²) >= 11 is 0. The van der Waals surface area contributed by atoms with Gasteiger partial charge < -0.3 is 19.3 Å². The normalized spacial score (nSPS) is 26.0. The predicted molar refractivity (Wildman–Crippen MR) is 112 cm³/mol. The van der Waals surface area contributed by atoms with Crippen LogP contribution in [0.3, 0.4) is 0 Å². The maximum atomic E-state index is 13.0. The van der Waals surface area contributed by atoms with E-state index in [1.807, 2.05) is 60.7 Å². The third-order valence-electron chi connectivity index (χ3n) is 5.56. The molecule has 2 aliphatic heterocycles. The van der Waals surface area contributed by atoms with E-state index in [0.717, 1.165) is 16.0 Å². The lowest BCUT2D eigenvalue weighted by atomic mass is 9.98. The minimum atomic E-state index is -1.15. The van der Waals surface area contributed by atoms with E-state index in [1.54, 1.807) is 13.8 Å². The zero-order valence-corrected chi connectivity index (χ0v) is 17.6. The van der Waals surface area contributed by atoms with E-state index in [-0.39, 0.29) is 13.0 Å². The summed E-state index contributed by atoms with van der Waals surface area (Å²) < 4.78 is 17.1. The first-order chi connectivity index (χ1) is 14.8. The Kier molecular flexibility index (Phi) is 6.09. The van der Waals surface area contributed by atoms with Gasteiger partial charge in [0.2, 0.25) is 5.91 Å². The lowest BCUT2D eigenvalue weighted by Crippen LogP contribution is -2.43. The van der Waals surface area contributed by atoms with Crippen LogP contribution in [0.2, 0.25) is 0 Å². The number of ether oxygens (including phenoxy) is 3. The Labute approximate surface area is 181 Å². The molecule has 2 amide bonds. The molecule has 7 heteroatoms. The van der Waals surface area contributed by atoms with Crippen molar-refractivity contribution < 1.29 is 28.9 Å². The van der Waals surface area contributed by atoms with Crippen molar-refractivity contribution >= 4 is 12.0 Å². The van der Waals surface area contributed by atoms with Gasteiger partial charge in [-0.3, -0.25) is 4.79 Å². The summed E-state index contributed by atoms with van der Waals surface area (Å²) in [6.07, 6.45) is -2.87. The second kappa shape index (κ2) is 8.78. The van der Waals surface area contributed by atoms with Crippen LogP contribution in [-0.2, 0) is 25.4 Å². The molecule has 0 radical (unpaired) electrons. The number of aliphatic hydroxyl groups is 1. The molecule has 164 valence electrons. The number of hydrogen-bond acceptors (Lipinski definition) is 6. The molecule has 2 aliphatic rings. The highest BCUT2D eigenvalue weighted by Crippen LogP contribution is 2.40. The van der Waals surface area contributed by atoms with Crippen LogP contribution in [0.5, 0.6) is 0 Å². The fraction of sp³-hybridized carbons (Fsp3) is 0.417. The van der Waals surface area contributed by atoms with Gasteiger partial charge >= 0.3 is 6.09 Å². The molecule has 2 heterocycles. The largest absolute Gasteiger partial charge is 0.447 e. The second-order valence-electron chi connectivity index (χ2n) is 8.39. The number of imide groups is 1. The minimum Gasteiger partial charge on any atom is -0.447 e. The highest BCUT2D eigenvalue weighted by molar-refractivity contribution is 5.93. The molecule has 2 aromatic carbocycles. The standard InChI is InChI=1S/C24H27NO6/c1-24(2)30-21(17-11-7-4-8-12-17)22(31-24)19(26)14-20(27)25-18(15-29-23(25)28)13-16-9-5-3-6-10-16/h3-12,18-19,21-22,26H,13-15H2,1-2H3/t18-,19-,21-,22-/m1/s1. The summed E-state index contributed by atoms with van der Waals surface area (Å²) in [5.41, 5.74) is 1.86. The Hall–Kier alpha value is -2.74. The third-order valence-corrected chi connectivity index (χ3v) is 5.56. The molecule has 2 aromatic rings. The van der Waals surface area contributed by atoms with Gasteiger partial charge in [-0.15, -0.1) is 0 Å². The van der Waals surface area contributed by atoms with Gasteiger partial charge in [-0.25, -0.2) is 9.69 Å². The van der Waals surface area contributed by atoms with Gasteiger partial charge in [0.1, 0.15) is 18.8 Å². The van der Waals surface area contributed by atoms with Gasteiger partial charge in [-0.2, -0.15) is 0 Å². The summed E-state index contributed by atoms with van der Waals surface area (Å²) in [6.45, 7) is 3.68. The lowest BCUT2D eigenvalue weighted by Gasteiger charge is -2.25. The Bertz CT molecular complexity index is 916. The van der Waals surface area contributed by atoms with Gasteiger partial charge in [-0.05, 0) is 31.4 Å². The van der Waals surface area contributed by atoms with E-state index < -0.39 is 42.1 Å². The summed E-state index contributed by atoms with van der Waals surface area (Å²) in [7, 11) is 0. The molecule has 31 heavy (non-hydrogen) atoms. The predicted octanol–water partition coefficient (Wildman–Crippen LogP) is 3.22. The number of hydrogen-bond donors (Lipinski definition) is 1. The molecule has 0 unspecified atom stereocenters. The molecule has 2 fully saturated rings. The maximum Gasteiger partial charge on any atom is 0.416 e. The van der Waals surface area contributed by atoms with Crippen LogP contribution in [0.4, 0.5) is 4.79 Å². The Balaban J connectivity index is 1.47. The topological polar surface area (TPSA) is 85.3 Å². The van der Waals surface area contributed by atoms with E-state index in [0.29, 0.717) is 6.42 Å². The molecule has 4 atom stereocenters. The van der Waals surface area contributed by atoms with Crippen LogP contribution >= 0.6 is 0 Å². The van der Waals surface area contributed by atoms with Gasteiger partial charge in [0.05, 0.1) is 18.6 Å². The average Bonchev–Trinajstić information content (AvgIpc) is 3.28. The van der Waals surface area contributed by atoms with Crippen molar-refractivity contribution in [3.63, 3.8) is 0 Å². The zero-order valence-electron chi connectivity index (χ0n) is 17.6. The smallest absolute Gasteiger partial charge is 0.416 e. The Morgan fingerprint density at radius 2 is 1.74 bits per heavy atom. The molecule has 4 rings (SSSR count). The van der Waals surface area contributed by atoms with E-state index in [9.17, 15) is 14.7 Å². The summed E-state index contributed by atoms with van der Waals surface area (Å²) in [6, 6.07) is 18.6. The third kappa shape index (κ3) is 4.79. The molecular weight excluding hydrogens is 398 g/mol. The van der Waals surface area contributed by atoms with Crippen LogP contribution in [-0.4, -0.2) is 52.7 Å². The number of rotatable bonds is 6. The molecule has 7 nitrogen and oxygen atoms in total. The number of aliphatic hydroxyl groups excluding tert-OH is 1. The highest BCUT2D eigenvalue weighted by atomic mass is 16.8. The number of carbonyl (C=O) groups is 2. The minimum absolute atomic E-state index is 0.137. The van der Waals surface area contributed by atoms with Crippen molar-refractivity contribution in [2.75, 3.05) is 6.61 Å². The summed E-state index contributed by atoms with van der Waals surface area (Å²) in [5, 5.41) is 10.9. The van der Waals surface area contributed by atoms with Crippen molar-refractivity contribution in [1.82, 2.24) is 4.90 Å². The second-order valence-corrected chi connectivity index (χ2v) is 8.39. The van der Waals surface area contributed by atoms with Crippen LogP contribution in [0, 0.1) is 0 Å². The van der Waals surface area contributed by atoms with E-state index in [2.05, 4.69) is 0 Å². The van der Waals surface area contributed by atoms with Crippen LogP contribution < -0.4 is 0 Å². The van der Waals surface area contributed by atoms with Gasteiger partial charge in [0.15, 0.2) is 5.79 Å². The Morgan fingerprint density at radius 3 is 2.42 bits per heavy atom. The van der Waals surface area contributed by atoms with E-state index in [4.69, 9.17) is 14.2 Å². The molecule has 0 bridgehead atoms. The van der Waals surface area contributed by atoms with Gasteiger partial charge in [0.25, 0.3) is 0 Å². The van der Waals surface area contributed by atoms with Gasteiger partial charge in [-0.1, -0.05) is 60.7 Å². The summed E-state index contributed by atoms with van der Waals surface area (Å²) in [4.78, 5) is 26.4. The number of amides is 2. The van der Waals surface area contributed by atoms with E-state index in [1.165, 1.54) is 0 Å². The van der Waals surface area contributed by atoms with Crippen molar-refractivity contribution in [2.45, 2.75) is 56.8 Å². The van der Waals surface area contributed by atoms with Crippen LogP contribution in [0.25, 0.3) is 0 Å². The van der Waals surface area contributed by atoms with Crippen molar-refractivity contribution in [3.05, 3.63) is 71.8 Å². The van der Waals surface area contributed by atoms with Crippen molar-refractivity contribution in [2.24, 2.45) is 0 Å². The SMILES string of the molecule is CC1(C)O[C@H]([C@H](O)CC(=O)N2C(=O)OC[C@H]2Cc2ccccc2)[C@@H](c2ccccc2)O1. The number of nitrogens with zero attached hydrogens (tertiary/aromatic N) is 1. The fourth-order valence-corrected chi connectivity index (χ4v) is 4.17. The first kappa shape index (κ1) is 21.5. The number of benzene rings is 2. The molecule has 0 aromatic heterocycles. The molecular formula is C24H27NO6. The number of cyclic esters (lactones) is 1. The van der Waals surface area contributed by atoms with Gasteiger partial charge in [0, 0.05) is 0 Å². The summed E-state index contributed by atoms with van der Waals surface area (Å²) in [5.74, 6) is -1.39. The van der Waals surface area contributed by atoms with Crippen molar-refractivity contribution in [1.29, 1.82) is 0 Å². The fourth-order valence-electron chi connectivity index (χ4n) is 4.17. The molecule has 0 saturated carbocycles. The highest BCUT2D eigenvalue weighted by Gasteiger charge is 2.47.